The highest BCUT2D eigenvalue weighted by molar-refractivity contribution is 6.28. The molecule has 0 spiro atoms. The minimum Gasteiger partial charge on any atom is -0.373 e. The van der Waals surface area contributed by atoms with Gasteiger partial charge in [-0.2, -0.15) is 10.2 Å². The molecule has 0 radical (unpaired) electrons. The van der Waals surface area contributed by atoms with Crippen LogP contribution in [0.4, 0.5) is 10.2 Å². The lowest BCUT2D eigenvalue weighted by molar-refractivity contribution is 0.170. The molecule has 7 heteroatoms. The Hall–Kier alpha value is -2.23. The Bertz CT molecular complexity index is 663. The fourth-order valence-electron chi connectivity index (χ4n) is 1.80. The summed E-state index contributed by atoms with van der Waals surface area (Å²) in [5.41, 5.74) is 1.48. The zero-order chi connectivity index (χ0) is 15.2. The number of nitrogens with zero attached hydrogens (tertiary/aromatic N) is 3. The summed E-state index contributed by atoms with van der Waals surface area (Å²) in [4.78, 5) is 7.33. The van der Waals surface area contributed by atoms with Crippen molar-refractivity contribution in [1.29, 1.82) is 5.26 Å². The van der Waals surface area contributed by atoms with Crippen LogP contribution in [0.2, 0.25) is 5.28 Å². The summed E-state index contributed by atoms with van der Waals surface area (Å²) < 4.78 is 18.9. The SMILES string of the molecule is COC1C=C(Nc2nc(Cl)ncc2F)C=CC1=CCC#N. The molecule has 0 amide bonds. The number of rotatable bonds is 4. The molecule has 5 nitrogen and oxygen atoms in total. The van der Waals surface area contributed by atoms with Crippen molar-refractivity contribution in [3.8, 4) is 6.07 Å². The summed E-state index contributed by atoms with van der Waals surface area (Å²) in [5.74, 6) is -0.612. The van der Waals surface area contributed by atoms with Crippen molar-refractivity contribution in [2.75, 3.05) is 12.4 Å². The van der Waals surface area contributed by atoms with Crippen LogP contribution in [0.15, 0.2) is 41.8 Å². The standard InChI is InChI=1S/C14H12ClFN4O/c1-21-12-7-10(5-4-9(12)3-2-6-17)19-13-11(16)8-18-14(15)20-13/h3-5,7-8,12H,2H2,1H3,(H,18,19,20). The minimum atomic E-state index is -0.603. The van der Waals surface area contributed by atoms with Crippen LogP contribution >= 0.6 is 11.6 Å². The molecule has 1 aromatic rings. The predicted octanol–water partition coefficient (Wildman–Crippen LogP) is 2.99. The maximum atomic E-state index is 13.6. The van der Waals surface area contributed by atoms with Crippen LogP contribution in [0.3, 0.4) is 0 Å². The number of nitriles is 1. The maximum Gasteiger partial charge on any atom is 0.224 e. The van der Waals surface area contributed by atoms with Gasteiger partial charge in [-0.25, -0.2) is 9.37 Å². The summed E-state index contributed by atoms with van der Waals surface area (Å²) >= 11 is 5.64. The lowest BCUT2D eigenvalue weighted by Gasteiger charge is -2.19. The largest absolute Gasteiger partial charge is 0.373 e. The quantitative estimate of drug-likeness (QED) is 0.866. The number of nitrogens with one attached hydrogen (secondary N) is 1. The molecule has 1 aliphatic carbocycles. The second-order valence-electron chi connectivity index (χ2n) is 4.14. The second kappa shape index (κ2) is 6.97. The average Bonchev–Trinajstić information content (AvgIpc) is 2.49. The van der Waals surface area contributed by atoms with Crippen molar-refractivity contribution in [2.24, 2.45) is 0 Å². The number of hydrogen-bond acceptors (Lipinski definition) is 5. The van der Waals surface area contributed by atoms with Gasteiger partial charge in [-0.15, -0.1) is 0 Å². The van der Waals surface area contributed by atoms with Crippen molar-refractivity contribution in [3.05, 3.63) is 52.9 Å². The predicted molar refractivity (Wildman–Crippen MR) is 77.0 cm³/mol. The van der Waals surface area contributed by atoms with E-state index in [0.717, 1.165) is 11.8 Å². The molecule has 21 heavy (non-hydrogen) atoms. The number of halogens is 2. The fraction of sp³-hybridized carbons (Fsp3) is 0.214. The Labute approximate surface area is 126 Å². The zero-order valence-electron chi connectivity index (χ0n) is 11.2. The molecule has 1 aromatic heterocycles. The number of methoxy groups -OCH3 is 1. The molecular weight excluding hydrogens is 295 g/mol. The van der Waals surface area contributed by atoms with Crippen molar-refractivity contribution < 1.29 is 9.13 Å². The normalized spacial score (nSPS) is 19.2. The summed E-state index contributed by atoms with van der Waals surface area (Å²) in [6, 6.07) is 2.04. The smallest absolute Gasteiger partial charge is 0.224 e. The first-order valence-electron chi connectivity index (χ1n) is 6.09. The van der Waals surface area contributed by atoms with Crippen molar-refractivity contribution in [2.45, 2.75) is 12.5 Å². The van der Waals surface area contributed by atoms with Gasteiger partial charge < -0.3 is 10.1 Å². The Balaban J connectivity index is 2.19. The van der Waals surface area contributed by atoms with Gasteiger partial charge in [0.2, 0.25) is 5.28 Å². The van der Waals surface area contributed by atoms with Crippen molar-refractivity contribution >= 4 is 17.4 Å². The maximum absolute atomic E-state index is 13.6. The Morgan fingerprint density at radius 1 is 1.57 bits per heavy atom. The van der Waals surface area contributed by atoms with Crippen molar-refractivity contribution in [3.63, 3.8) is 0 Å². The van der Waals surface area contributed by atoms with Gasteiger partial charge >= 0.3 is 0 Å². The third-order valence-electron chi connectivity index (χ3n) is 2.78. The van der Waals surface area contributed by atoms with E-state index in [1.54, 1.807) is 31.4 Å². The molecular formula is C14H12ClFN4O. The number of ether oxygens (including phenoxy) is 1. The zero-order valence-corrected chi connectivity index (χ0v) is 11.9. The molecule has 1 heterocycles. The molecule has 1 aliphatic rings. The molecule has 108 valence electrons. The fourth-order valence-corrected chi connectivity index (χ4v) is 1.93. The van der Waals surface area contributed by atoms with Gasteiger partial charge in [0, 0.05) is 12.8 Å². The molecule has 0 saturated carbocycles. The van der Waals surface area contributed by atoms with Crippen LogP contribution in [0, 0.1) is 17.1 Å². The molecule has 0 bridgehead atoms. The first kappa shape index (κ1) is 15.2. The van der Waals surface area contributed by atoms with Crippen LogP contribution in [0.25, 0.3) is 0 Å². The average molecular weight is 307 g/mol. The third-order valence-corrected chi connectivity index (χ3v) is 2.96. The number of aromatic nitrogens is 2. The summed E-state index contributed by atoms with van der Waals surface area (Å²) in [7, 11) is 1.56. The lowest BCUT2D eigenvalue weighted by Crippen LogP contribution is -2.16. The number of anilines is 1. The molecule has 2 rings (SSSR count). The molecule has 1 N–H and O–H groups in total. The Morgan fingerprint density at radius 3 is 3.10 bits per heavy atom. The van der Waals surface area contributed by atoms with Crippen LogP contribution in [-0.4, -0.2) is 23.2 Å². The van der Waals surface area contributed by atoms with E-state index in [9.17, 15) is 4.39 Å². The summed E-state index contributed by atoms with van der Waals surface area (Å²) in [6.45, 7) is 0. The van der Waals surface area contributed by atoms with Crippen LogP contribution in [0.5, 0.6) is 0 Å². The van der Waals surface area contributed by atoms with Gasteiger partial charge in [0.1, 0.15) is 6.10 Å². The second-order valence-corrected chi connectivity index (χ2v) is 4.48. The van der Waals surface area contributed by atoms with Gasteiger partial charge in [0.15, 0.2) is 11.6 Å². The highest BCUT2D eigenvalue weighted by Crippen LogP contribution is 2.22. The van der Waals surface area contributed by atoms with E-state index in [1.807, 2.05) is 6.07 Å². The topological polar surface area (TPSA) is 70.8 Å². The third kappa shape index (κ3) is 3.88. The van der Waals surface area contributed by atoms with Gasteiger partial charge in [0.25, 0.3) is 0 Å². The summed E-state index contributed by atoms with van der Waals surface area (Å²) in [5, 5.41) is 11.4. The van der Waals surface area contributed by atoms with Gasteiger partial charge in [-0.1, -0.05) is 12.2 Å². The lowest BCUT2D eigenvalue weighted by atomic mass is 10.0. The van der Waals surface area contributed by atoms with E-state index in [-0.39, 0.29) is 17.2 Å². The highest BCUT2D eigenvalue weighted by atomic mass is 35.5. The Kier molecular flexibility index (Phi) is 5.04. The molecule has 0 aromatic carbocycles. The van der Waals surface area contributed by atoms with E-state index >= 15 is 0 Å². The van der Waals surface area contributed by atoms with Gasteiger partial charge in [-0.3, -0.25) is 0 Å². The minimum absolute atomic E-state index is 0.00907. The monoisotopic (exact) mass is 306 g/mol. The van der Waals surface area contributed by atoms with Crippen LogP contribution in [-0.2, 0) is 4.74 Å². The van der Waals surface area contributed by atoms with E-state index in [0.29, 0.717) is 12.1 Å². The summed E-state index contributed by atoms with van der Waals surface area (Å²) in [6.07, 6.45) is 8.07. The van der Waals surface area contributed by atoms with Crippen LogP contribution < -0.4 is 5.32 Å². The molecule has 1 atom stereocenters. The van der Waals surface area contributed by atoms with E-state index < -0.39 is 5.82 Å². The molecule has 0 saturated heterocycles. The number of hydrogen-bond donors (Lipinski definition) is 1. The molecule has 0 aliphatic heterocycles. The Morgan fingerprint density at radius 2 is 2.38 bits per heavy atom. The highest BCUT2D eigenvalue weighted by Gasteiger charge is 2.15. The van der Waals surface area contributed by atoms with Gasteiger partial charge in [0.05, 0.1) is 18.7 Å². The number of allylic oxidation sites excluding steroid dienone is 2. The van der Waals surface area contributed by atoms with Crippen LogP contribution in [0.1, 0.15) is 6.42 Å². The molecule has 1 unspecified atom stereocenters. The van der Waals surface area contributed by atoms with E-state index in [1.165, 1.54) is 0 Å². The first-order valence-corrected chi connectivity index (χ1v) is 6.46. The van der Waals surface area contributed by atoms with Gasteiger partial charge in [-0.05, 0) is 29.3 Å². The first-order chi connectivity index (χ1) is 10.1. The van der Waals surface area contributed by atoms with E-state index in [4.69, 9.17) is 21.6 Å². The van der Waals surface area contributed by atoms with Crippen molar-refractivity contribution in [1.82, 2.24) is 9.97 Å². The molecule has 0 fully saturated rings. The van der Waals surface area contributed by atoms with E-state index in [2.05, 4.69) is 15.3 Å².